The van der Waals surface area contributed by atoms with Crippen molar-refractivity contribution in [3.8, 4) is 5.75 Å². The van der Waals surface area contributed by atoms with Crippen LogP contribution < -0.4 is 9.64 Å². The summed E-state index contributed by atoms with van der Waals surface area (Å²) < 4.78 is 5.20. The number of amides is 1. The summed E-state index contributed by atoms with van der Waals surface area (Å²) >= 11 is 1.34. The highest BCUT2D eigenvalue weighted by Gasteiger charge is 2.34. The molecule has 1 saturated heterocycles. The average molecular weight is 401 g/mol. The third-order valence-electron chi connectivity index (χ3n) is 4.34. The largest absolute Gasteiger partial charge is 0.497 e. The van der Waals surface area contributed by atoms with Crippen molar-refractivity contribution in [2.45, 2.75) is 6.92 Å². The number of carbonyl (C=O) groups excluding carboxylic acids is 1. The van der Waals surface area contributed by atoms with Crippen molar-refractivity contribution >= 4 is 40.4 Å². The molecule has 2 heterocycles. The normalized spacial score (nSPS) is 16.6. The maximum atomic E-state index is 13.2. The van der Waals surface area contributed by atoms with Gasteiger partial charge in [0.15, 0.2) is 11.0 Å². The third-order valence-corrected chi connectivity index (χ3v) is 5.31. The molecule has 1 amide bonds. The Morgan fingerprint density at radius 1 is 1.03 bits per heavy atom. The van der Waals surface area contributed by atoms with Gasteiger partial charge in [-0.15, -0.1) is 0 Å². The zero-order valence-corrected chi connectivity index (χ0v) is 16.9. The molecule has 6 heteroatoms. The second-order valence-electron chi connectivity index (χ2n) is 6.45. The van der Waals surface area contributed by atoms with Crippen LogP contribution in [0.4, 0.5) is 11.5 Å². The third kappa shape index (κ3) is 4.22. The molecule has 1 aliphatic heterocycles. The minimum absolute atomic E-state index is 0.108. The van der Waals surface area contributed by atoms with Gasteiger partial charge in [0.1, 0.15) is 5.75 Å². The number of aliphatic imine (C=N–C) groups is 1. The van der Waals surface area contributed by atoms with Crippen molar-refractivity contribution in [1.82, 2.24) is 4.98 Å². The van der Waals surface area contributed by atoms with Gasteiger partial charge in [-0.1, -0.05) is 36.4 Å². The van der Waals surface area contributed by atoms with Gasteiger partial charge < -0.3 is 4.74 Å². The van der Waals surface area contributed by atoms with Gasteiger partial charge >= 0.3 is 0 Å². The first kappa shape index (κ1) is 19.0. The molecule has 5 nitrogen and oxygen atoms in total. The number of rotatable bonds is 4. The fourth-order valence-electron chi connectivity index (χ4n) is 2.83. The van der Waals surface area contributed by atoms with Crippen molar-refractivity contribution in [3.05, 3.63) is 89.0 Å². The van der Waals surface area contributed by atoms with E-state index in [1.165, 1.54) is 11.8 Å². The van der Waals surface area contributed by atoms with Gasteiger partial charge in [-0.25, -0.2) is 9.98 Å². The first-order valence-corrected chi connectivity index (χ1v) is 9.90. The Hall–Kier alpha value is -3.38. The summed E-state index contributed by atoms with van der Waals surface area (Å²) in [4.78, 5) is 24.4. The van der Waals surface area contributed by atoms with Crippen molar-refractivity contribution < 1.29 is 9.53 Å². The highest BCUT2D eigenvalue weighted by atomic mass is 32.2. The predicted octanol–water partition coefficient (Wildman–Crippen LogP) is 5.21. The van der Waals surface area contributed by atoms with Crippen LogP contribution in [0.3, 0.4) is 0 Å². The van der Waals surface area contributed by atoms with Gasteiger partial charge in [0.25, 0.3) is 5.91 Å². The lowest BCUT2D eigenvalue weighted by molar-refractivity contribution is -0.113. The van der Waals surface area contributed by atoms with Crippen LogP contribution in [-0.4, -0.2) is 23.2 Å². The summed E-state index contributed by atoms with van der Waals surface area (Å²) in [5, 5.41) is 0.581. The number of para-hydroxylation sites is 1. The predicted molar refractivity (Wildman–Crippen MR) is 119 cm³/mol. The number of thioether (sulfide) groups is 1. The molecule has 1 aliphatic rings. The Morgan fingerprint density at radius 2 is 1.79 bits per heavy atom. The van der Waals surface area contributed by atoms with Crippen LogP contribution in [0.1, 0.15) is 11.1 Å². The zero-order chi connectivity index (χ0) is 20.2. The molecule has 0 aliphatic carbocycles. The van der Waals surface area contributed by atoms with Gasteiger partial charge in [0.2, 0.25) is 0 Å². The molecule has 3 aromatic rings. The second kappa shape index (κ2) is 8.32. The minimum Gasteiger partial charge on any atom is -0.497 e. The van der Waals surface area contributed by atoms with Crippen molar-refractivity contribution in [2.24, 2.45) is 4.99 Å². The number of aryl methyl sites for hydroxylation is 1. The van der Waals surface area contributed by atoms with Crippen molar-refractivity contribution in [1.29, 1.82) is 0 Å². The van der Waals surface area contributed by atoms with Gasteiger partial charge in [0, 0.05) is 6.20 Å². The SMILES string of the molecule is COc1ccc(/C=C2\S/C(=N\c3ccc(C)cn3)N(c3ccccc3)C2=O)cc1. The van der Waals surface area contributed by atoms with Crippen molar-refractivity contribution in [2.75, 3.05) is 12.0 Å². The van der Waals surface area contributed by atoms with E-state index in [-0.39, 0.29) is 5.91 Å². The number of benzene rings is 2. The van der Waals surface area contributed by atoms with Crippen LogP contribution in [0.25, 0.3) is 6.08 Å². The van der Waals surface area contributed by atoms with Gasteiger partial charge in [-0.2, -0.15) is 0 Å². The minimum atomic E-state index is -0.108. The lowest BCUT2D eigenvalue weighted by Crippen LogP contribution is -2.28. The van der Waals surface area contributed by atoms with Crippen LogP contribution in [0.2, 0.25) is 0 Å². The standard InChI is InChI=1S/C23H19N3O2S/c1-16-8-13-21(24-15-16)25-23-26(18-6-4-3-5-7-18)22(27)20(29-23)14-17-9-11-19(28-2)12-10-17/h3-15H,1-2H3/b20-14-,25-23-. The van der Waals surface area contributed by atoms with Crippen LogP contribution in [-0.2, 0) is 4.79 Å². The van der Waals surface area contributed by atoms with E-state index in [0.29, 0.717) is 15.9 Å². The summed E-state index contributed by atoms with van der Waals surface area (Å²) in [6.07, 6.45) is 3.63. The molecule has 29 heavy (non-hydrogen) atoms. The van der Waals surface area contributed by atoms with Gasteiger partial charge in [-0.3, -0.25) is 9.69 Å². The number of hydrogen-bond donors (Lipinski definition) is 0. The molecular weight excluding hydrogens is 382 g/mol. The molecule has 2 aromatic carbocycles. The van der Waals surface area contributed by atoms with E-state index in [1.807, 2.05) is 79.7 Å². The molecule has 1 aromatic heterocycles. The molecule has 144 valence electrons. The molecule has 0 spiro atoms. The van der Waals surface area contributed by atoms with E-state index in [0.717, 1.165) is 22.6 Å². The molecular formula is C23H19N3O2S. The Labute approximate surface area is 173 Å². The average Bonchev–Trinajstić information content (AvgIpc) is 3.05. The van der Waals surface area contributed by atoms with Crippen LogP contribution >= 0.6 is 11.8 Å². The Bertz CT molecular complexity index is 1080. The maximum absolute atomic E-state index is 13.2. The summed E-state index contributed by atoms with van der Waals surface area (Å²) in [7, 11) is 1.63. The quantitative estimate of drug-likeness (QED) is 0.563. The monoisotopic (exact) mass is 401 g/mol. The Kier molecular flexibility index (Phi) is 5.44. The van der Waals surface area contributed by atoms with Crippen LogP contribution in [0.5, 0.6) is 5.75 Å². The number of amidine groups is 1. The van der Waals surface area contributed by atoms with E-state index >= 15 is 0 Å². The number of aromatic nitrogens is 1. The van der Waals surface area contributed by atoms with E-state index < -0.39 is 0 Å². The molecule has 0 unspecified atom stereocenters. The van der Waals surface area contributed by atoms with Crippen LogP contribution in [0.15, 0.2) is 82.8 Å². The maximum Gasteiger partial charge on any atom is 0.271 e. The molecule has 0 atom stereocenters. The number of carbonyl (C=O) groups is 1. The summed E-state index contributed by atoms with van der Waals surface area (Å²) in [5.41, 5.74) is 2.75. The highest BCUT2D eigenvalue weighted by molar-refractivity contribution is 8.19. The van der Waals surface area contributed by atoms with Gasteiger partial charge in [-0.05, 0) is 66.2 Å². The number of hydrogen-bond acceptors (Lipinski definition) is 5. The van der Waals surface area contributed by atoms with Gasteiger partial charge in [0.05, 0.1) is 17.7 Å². The van der Waals surface area contributed by atoms with E-state index in [9.17, 15) is 4.79 Å². The lowest BCUT2D eigenvalue weighted by atomic mass is 10.2. The molecule has 1 fully saturated rings. The summed E-state index contributed by atoms with van der Waals surface area (Å²) in [6.45, 7) is 1.98. The first-order chi connectivity index (χ1) is 14.1. The number of methoxy groups -OCH3 is 1. The topological polar surface area (TPSA) is 54.8 Å². The zero-order valence-electron chi connectivity index (χ0n) is 16.1. The fourth-order valence-corrected chi connectivity index (χ4v) is 3.82. The number of ether oxygens (including phenoxy) is 1. The van der Waals surface area contributed by atoms with E-state index in [4.69, 9.17) is 4.74 Å². The number of anilines is 1. The molecule has 0 N–H and O–H groups in total. The smallest absolute Gasteiger partial charge is 0.271 e. The first-order valence-electron chi connectivity index (χ1n) is 9.08. The number of nitrogens with zero attached hydrogens (tertiary/aromatic N) is 3. The Balaban J connectivity index is 1.73. The second-order valence-corrected chi connectivity index (χ2v) is 7.46. The van der Waals surface area contributed by atoms with E-state index in [1.54, 1.807) is 18.2 Å². The molecule has 0 bridgehead atoms. The summed E-state index contributed by atoms with van der Waals surface area (Å²) in [5.74, 6) is 1.23. The highest BCUT2D eigenvalue weighted by Crippen LogP contribution is 2.37. The fraction of sp³-hybridized carbons (Fsp3) is 0.0870. The molecule has 0 radical (unpaired) electrons. The number of pyridine rings is 1. The summed E-state index contributed by atoms with van der Waals surface area (Å²) in [6, 6.07) is 20.9. The molecule has 4 rings (SSSR count). The Morgan fingerprint density at radius 3 is 2.45 bits per heavy atom. The lowest BCUT2D eigenvalue weighted by Gasteiger charge is -2.15. The van der Waals surface area contributed by atoms with Crippen molar-refractivity contribution in [3.63, 3.8) is 0 Å². The molecule has 0 saturated carbocycles. The van der Waals surface area contributed by atoms with E-state index in [2.05, 4.69) is 9.98 Å². The van der Waals surface area contributed by atoms with Crippen LogP contribution in [0, 0.1) is 6.92 Å².